The summed E-state index contributed by atoms with van der Waals surface area (Å²) < 4.78 is 0. The lowest BCUT2D eigenvalue weighted by Gasteiger charge is -2.38. The van der Waals surface area contributed by atoms with Gasteiger partial charge in [-0.1, -0.05) is 30.7 Å². The van der Waals surface area contributed by atoms with Crippen LogP contribution in [0, 0.1) is 17.0 Å². The van der Waals surface area contributed by atoms with Crippen molar-refractivity contribution in [3.05, 3.63) is 68.7 Å². The molecule has 154 valence electrons. The van der Waals surface area contributed by atoms with E-state index in [4.69, 9.17) is 11.6 Å². The summed E-state index contributed by atoms with van der Waals surface area (Å²) in [7, 11) is 0. The van der Waals surface area contributed by atoms with Gasteiger partial charge in [0.05, 0.1) is 4.92 Å². The zero-order valence-corrected chi connectivity index (χ0v) is 17.6. The molecule has 7 heteroatoms. The van der Waals surface area contributed by atoms with Crippen LogP contribution in [0.25, 0.3) is 0 Å². The van der Waals surface area contributed by atoms with Crippen molar-refractivity contribution in [3.8, 4) is 0 Å². The van der Waals surface area contributed by atoms with Crippen LogP contribution in [0.4, 0.5) is 11.4 Å². The predicted octanol–water partition coefficient (Wildman–Crippen LogP) is 4.96. The van der Waals surface area contributed by atoms with Gasteiger partial charge in [-0.15, -0.1) is 0 Å². The van der Waals surface area contributed by atoms with E-state index in [0.29, 0.717) is 18.0 Å². The quantitative estimate of drug-likeness (QED) is 0.493. The number of amides is 1. The highest BCUT2D eigenvalue weighted by molar-refractivity contribution is 6.31. The molecule has 2 aromatic carbocycles. The van der Waals surface area contributed by atoms with Crippen molar-refractivity contribution in [2.45, 2.75) is 45.7 Å². The van der Waals surface area contributed by atoms with Crippen LogP contribution < -0.4 is 4.90 Å². The first-order chi connectivity index (χ1) is 13.9. The number of rotatable bonds is 6. The second-order valence-electron chi connectivity index (χ2n) is 7.50. The van der Waals surface area contributed by atoms with Gasteiger partial charge in [-0.25, -0.2) is 0 Å². The molecule has 2 aromatic rings. The first kappa shape index (κ1) is 21.3. The van der Waals surface area contributed by atoms with E-state index in [-0.39, 0.29) is 17.6 Å². The Bertz CT molecular complexity index is 895. The van der Waals surface area contributed by atoms with Gasteiger partial charge in [-0.2, -0.15) is 0 Å². The molecule has 0 radical (unpaired) electrons. The third-order valence-electron chi connectivity index (χ3n) is 5.41. The number of anilines is 1. The molecule has 3 rings (SSSR count). The third-order valence-corrected chi connectivity index (χ3v) is 5.78. The number of nitro groups is 1. The van der Waals surface area contributed by atoms with Crippen molar-refractivity contribution in [3.63, 3.8) is 0 Å². The molecule has 0 unspecified atom stereocenters. The van der Waals surface area contributed by atoms with E-state index >= 15 is 0 Å². The van der Waals surface area contributed by atoms with Crippen molar-refractivity contribution >= 4 is 28.9 Å². The second kappa shape index (κ2) is 9.37. The Morgan fingerprint density at radius 3 is 2.59 bits per heavy atom. The van der Waals surface area contributed by atoms with E-state index in [1.165, 1.54) is 6.07 Å². The average Bonchev–Trinajstić information content (AvgIpc) is 2.71. The first-order valence-electron chi connectivity index (χ1n) is 9.93. The Labute approximate surface area is 176 Å². The predicted molar refractivity (Wildman–Crippen MR) is 115 cm³/mol. The number of non-ortho nitro benzene ring substituents is 1. The lowest BCUT2D eigenvalue weighted by Crippen LogP contribution is -2.47. The molecule has 0 aromatic heterocycles. The normalized spacial score (nSPS) is 15.3. The Morgan fingerprint density at radius 2 is 1.97 bits per heavy atom. The minimum Gasteiger partial charge on any atom is -0.309 e. The van der Waals surface area contributed by atoms with Gasteiger partial charge >= 0.3 is 0 Å². The van der Waals surface area contributed by atoms with Crippen molar-refractivity contribution in [1.29, 1.82) is 0 Å². The van der Waals surface area contributed by atoms with Crippen LogP contribution in [0.3, 0.4) is 0 Å². The summed E-state index contributed by atoms with van der Waals surface area (Å²) in [5, 5.41) is 11.6. The highest BCUT2D eigenvalue weighted by Crippen LogP contribution is 2.28. The van der Waals surface area contributed by atoms with Crippen LogP contribution in [-0.4, -0.2) is 34.9 Å². The molecule has 0 bridgehead atoms. The number of halogens is 1. The number of hydrogen-bond acceptors (Lipinski definition) is 4. The summed E-state index contributed by atoms with van der Waals surface area (Å²) in [6, 6.07) is 12.8. The van der Waals surface area contributed by atoms with E-state index in [2.05, 4.69) is 11.0 Å². The molecule has 0 saturated carbocycles. The van der Waals surface area contributed by atoms with Crippen LogP contribution in [0.1, 0.15) is 37.3 Å². The monoisotopic (exact) mass is 415 g/mol. The molecule has 1 saturated heterocycles. The maximum Gasteiger partial charge on any atom is 0.269 e. The Kier molecular flexibility index (Phi) is 6.87. The maximum atomic E-state index is 12.7. The molecule has 0 spiro atoms. The largest absolute Gasteiger partial charge is 0.309 e. The summed E-state index contributed by atoms with van der Waals surface area (Å²) in [5.41, 5.74) is 2.91. The molecule has 0 N–H and O–H groups in total. The number of carbonyl (C=O) groups excluding carboxylic acids is 1. The third kappa shape index (κ3) is 5.14. The molecule has 1 heterocycles. The summed E-state index contributed by atoms with van der Waals surface area (Å²) in [6.45, 7) is 6.11. The van der Waals surface area contributed by atoms with Crippen molar-refractivity contribution < 1.29 is 9.72 Å². The van der Waals surface area contributed by atoms with Crippen LogP contribution >= 0.6 is 11.6 Å². The molecule has 0 aliphatic carbocycles. The summed E-state index contributed by atoms with van der Waals surface area (Å²) >= 11 is 6.25. The molecule has 1 aliphatic heterocycles. The topological polar surface area (TPSA) is 66.7 Å². The van der Waals surface area contributed by atoms with Gasteiger partial charge in [0.1, 0.15) is 0 Å². The molecular weight excluding hydrogens is 390 g/mol. The van der Waals surface area contributed by atoms with Gasteiger partial charge in [0.2, 0.25) is 5.91 Å². The minimum absolute atomic E-state index is 0.0541. The van der Waals surface area contributed by atoms with Gasteiger partial charge in [0, 0.05) is 54.9 Å². The molecule has 1 amide bonds. The lowest BCUT2D eigenvalue weighted by molar-refractivity contribution is -0.384. The molecule has 0 atom stereocenters. The minimum atomic E-state index is -0.401. The van der Waals surface area contributed by atoms with Gasteiger partial charge in [0.25, 0.3) is 5.69 Å². The van der Waals surface area contributed by atoms with E-state index in [1.54, 1.807) is 12.1 Å². The zero-order valence-electron chi connectivity index (χ0n) is 16.8. The Hall–Kier alpha value is -2.44. The summed E-state index contributed by atoms with van der Waals surface area (Å²) in [4.78, 5) is 27.5. The number of piperidine rings is 1. The van der Waals surface area contributed by atoms with E-state index < -0.39 is 4.92 Å². The van der Waals surface area contributed by atoms with E-state index in [9.17, 15) is 14.9 Å². The van der Waals surface area contributed by atoms with Gasteiger partial charge < -0.3 is 4.90 Å². The Morgan fingerprint density at radius 1 is 1.24 bits per heavy atom. The van der Waals surface area contributed by atoms with Crippen molar-refractivity contribution in [1.82, 2.24) is 4.90 Å². The number of hydrogen-bond donors (Lipinski definition) is 0. The second-order valence-corrected chi connectivity index (χ2v) is 7.90. The number of benzene rings is 2. The SMILES string of the molecule is CCC(=O)N(c1cccc(C)c1)C1CCN(Cc2cc([N+](=O)[O-])ccc2Cl)CC1. The number of nitrogens with zero attached hydrogens (tertiary/aromatic N) is 3. The molecule has 29 heavy (non-hydrogen) atoms. The van der Waals surface area contributed by atoms with Crippen molar-refractivity contribution in [2.75, 3.05) is 18.0 Å². The molecule has 1 fully saturated rings. The molecule has 6 nitrogen and oxygen atoms in total. The average molecular weight is 416 g/mol. The smallest absolute Gasteiger partial charge is 0.269 e. The standard InChI is InChI=1S/C22H26ClN3O3/c1-3-22(27)25(19-6-4-5-16(2)13-19)18-9-11-24(12-10-18)15-17-14-20(26(28)29)7-8-21(17)23/h4-8,13-14,18H,3,9-12,15H2,1-2H3. The number of nitro benzene ring substituents is 1. The van der Waals surface area contributed by atoms with E-state index in [0.717, 1.165) is 42.7 Å². The molecule has 1 aliphatic rings. The van der Waals surface area contributed by atoms with Crippen molar-refractivity contribution in [2.24, 2.45) is 0 Å². The fraction of sp³-hybridized carbons (Fsp3) is 0.409. The number of likely N-dealkylation sites (tertiary alicyclic amines) is 1. The number of carbonyl (C=O) groups is 1. The fourth-order valence-corrected chi connectivity index (χ4v) is 4.06. The maximum absolute atomic E-state index is 12.7. The lowest BCUT2D eigenvalue weighted by atomic mass is 10.0. The van der Waals surface area contributed by atoms with E-state index in [1.807, 2.05) is 36.9 Å². The summed E-state index contributed by atoms with van der Waals surface area (Å²) in [6.07, 6.45) is 2.18. The highest BCUT2D eigenvalue weighted by atomic mass is 35.5. The number of aryl methyl sites for hydroxylation is 1. The Balaban J connectivity index is 1.69. The zero-order chi connectivity index (χ0) is 21.0. The van der Waals surface area contributed by atoms with Crippen LogP contribution in [0.5, 0.6) is 0 Å². The van der Waals surface area contributed by atoms with Crippen LogP contribution in [0.15, 0.2) is 42.5 Å². The highest BCUT2D eigenvalue weighted by Gasteiger charge is 2.28. The van der Waals surface area contributed by atoms with Gasteiger partial charge in [0.15, 0.2) is 0 Å². The van der Waals surface area contributed by atoms with Gasteiger partial charge in [-0.3, -0.25) is 19.8 Å². The first-order valence-corrected chi connectivity index (χ1v) is 10.3. The fourth-order valence-electron chi connectivity index (χ4n) is 3.88. The van der Waals surface area contributed by atoms with Crippen LogP contribution in [-0.2, 0) is 11.3 Å². The summed E-state index contributed by atoms with van der Waals surface area (Å²) in [5.74, 6) is 0.135. The molecular formula is C22H26ClN3O3. The van der Waals surface area contributed by atoms with Crippen LogP contribution in [0.2, 0.25) is 5.02 Å². The van der Waals surface area contributed by atoms with Gasteiger partial charge in [-0.05, 0) is 49.1 Å².